The van der Waals surface area contributed by atoms with Crippen molar-refractivity contribution in [2.24, 2.45) is 0 Å². The minimum atomic E-state index is -3.94. The Hall–Kier alpha value is -0.820. The van der Waals surface area contributed by atoms with Crippen LogP contribution in [0, 0.1) is 0 Å². The number of carbonyl (C=O) groups is 1. The Labute approximate surface area is 141 Å². The lowest BCUT2D eigenvalue weighted by Gasteiger charge is -2.17. The zero-order valence-corrected chi connectivity index (χ0v) is 14.8. The minimum absolute atomic E-state index is 0.00176. The number of esters is 1. The molecule has 8 heteroatoms. The van der Waals surface area contributed by atoms with Crippen LogP contribution < -0.4 is 4.72 Å². The second kappa shape index (κ2) is 8.72. The zero-order chi connectivity index (χ0) is 16.8. The summed E-state index contributed by atoms with van der Waals surface area (Å²) >= 11 is 11.7. The topological polar surface area (TPSA) is 72.5 Å². The van der Waals surface area contributed by atoms with E-state index >= 15 is 0 Å². The molecule has 0 aliphatic rings. The highest BCUT2D eigenvalue weighted by molar-refractivity contribution is 7.89. The Balaban J connectivity index is 3.01. The summed E-state index contributed by atoms with van der Waals surface area (Å²) in [6.07, 6.45) is 1.89. The minimum Gasteiger partial charge on any atom is -0.465 e. The standard InChI is InChI=1S/C14H19Cl2NO4S/c1-3-5-6-12(14(18)21-4-2)17-22(19,20)13-8-7-10(15)9-11(13)16/h7-9,12,17H,3-6H2,1-2H3. The van der Waals surface area contributed by atoms with Crippen LogP contribution in [0.3, 0.4) is 0 Å². The highest BCUT2D eigenvalue weighted by Gasteiger charge is 2.27. The van der Waals surface area contributed by atoms with Crippen molar-refractivity contribution in [2.45, 2.75) is 44.0 Å². The molecule has 0 aliphatic heterocycles. The van der Waals surface area contributed by atoms with Gasteiger partial charge in [0.2, 0.25) is 10.0 Å². The third-order valence-corrected chi connectivity index (χ3v) is 5.09. The number of rotatable bonds is 8. The van der Waals surface area contributed by atoms with Crippen molar-refractivity contribution in [3.8, 4) is 0 Å². The molecule has 0 fully saturated rings. The first-order valence-electron chi connectivity index (χ1n) is 6.95. The summed E-state index contributed by atoms with van der Waals surface area (Å²) in [5.74, 6) is -0.593. The van der Waals surface area contributed by atoms with Crippen LogP contribution >= 0.6 is 23.2 Å². The van der Waals surface area contributed by atoms with E-state index in [2.05, 4.69) is 4.72 Å². The lowest BCUT2D eigenvalue weighted by atomic mass is 10.1. The summed E-state index contributed by atoms with van der Waals surface area (Å²) in [4.78, 5) is 11.8. The van der Waals surface area contributed by atoms with Crippen molar-refractivity contribution in [2.75, 3.05) is 6.61 Å². The zero-order valence-electron chi connectivity index (χ0n) is 12.4. The van der Waals surface area contributed by atoms with Crippen LogP contribution in [0.25, 0.3) is 0 Å². The Morgan fingerprint density at radius 2 is 2.00 bits per heavy atom. The second-order valence-corrected chi connectivity index (χ2v) is 7.17. The van der Waals surface area contributed by atoms with Gasteiger partial charge >= 0.3 is 5.97 Å². The van der Waals surface area contributed by atoms with Gasteiger partial charge in [-0.25, -0.2) is 8.42 Å². The smallest absolute Gasteiger partial charge is 0.324 e. The van der Waals surface area contributed by atoms with Crippen LogP contribution in [0.2, 0.25) is 10.0 Å². The van der Waals surface area contributed by atoms with Crippen molar-refractivity contribution in [3.63, 3.8) is 0 Å². The highest BCUT2D eigenvalue weighted by atomic mass is 35.5. The lowest BCUT2D eigenvalue weighted by Crippen LogP contribution is -2.41. The summed E-state index contributed by atoms with van der Waals surface area (Å²) < 4.78 is 32.1. The van der Waals surface area contributed by atoms with Crippen molar-refractivity contribution in [1.29, 1.82) is 0 Å². The molecule has 1 N–H and O–H groups in total. The summed E-state index contributed by atoms with van der Waals surface area (Å²) in [5.41, 5.74) is 0. The van der Waals surface area contributed by atoms with E-state index in [1.54, 1.807) is 6.92 Å². The molecule has 0 aromatic heterocycles. The molecule has 0 saturated carbocycles. The first-order valence-corrected chi connectivity index (χ1v) is 9.19. The summed E-state index contributed by atoms with van der Waals surface area (Å²) in [5, 5.41) is 0.329. The Bertz CT molecular complexity index is 619. The maximum atomic E-state index is 12.4. The number of ether oxygens (including phenoxy) is 1. The van der Waals surface area contributed by atoms with Crippen LogP contribution in [0.1, 0.15) is 33.1 Å². The second-order valence-electron chi connectivity index (χ2n) is 4.64. The number of hydrogen-bond donors (Lipinski definition) is 1. The number of hydrogen-bond acceptors (Lipinski definition) is 4. The molecule has 1 rings (SSSR count). The van der Waals surface area contributed by atoms with Gasteiger partial charge in [0, 0.05) is 5.02 Å². The number of carbonyl (C=O) groups excluding carboxylic acids is 1. The first kappa shape index (κ1) is 19.2. The lowest BCUT2D eigenvalue weighted by molar-refractivity contribution is -0.145. The van der Waals surface area contributed by atoms with Crippen molar-refractivity contribution >= 4 is 39.2 Å². The third kappa shape index (κ3) is 5.43. The van der Waals surface area contributed by atoms with Gasteiger partial charge < -0.3 is 4.74 Å². The van der Waals surface area contributed by atoms with Gasteiger partial charge in [-0.05, 0) is 31.5 Å². The molecule has 22 heavy (non-hydrogen) atoms. The van der Waals surface area contributed by atoms with Crippen LogP contribution in [0.4, 0.5) is 0 Å². The molecule has 0 radical (unpaired) electrons. The van der Waals surface area contributed by atoms with Crippen molar-refractivity contribution in [3.05, 3.63) is 28.2 Å². The molecule has 1 atom stereocenters. The predicted octanol–water partition coefficient (Wildman–Crippen LogP) is 3.39. The highest BCUT2D eigenvalue weighted by Crippen LogP contribution is 2.25. The van der Waals surface area contributed by atoms with Crippen LogP contribution in [0.5, 0.6) is 0 Å². The number of benzene rings is 1. The molecule has 1 aromatic rings. The van der Waals surface area contributed by atoms with Gasteiger partial charge in [0.05, 0.1) is 11.6 Å². The van der Waals surface area contributed by atoms with Gasteiger partial charge in [-0.15, -0.1) is 0 Å². The van der Waals surface area contributed by atoms with Gasteiger partial charge in [0.25, 0.3) is 0 Å². The quantitative estimate of drug-likeness (QED) is 0.714. The summed E-state index contributed by atoms with van der Waals surface area (Å²) in [7, 11) is -3.94. The van der Waals surface area contributed by atoms with Gasteiger partial charge in [0.15, 0.2) is 0 Å². The normalized spacial score (nSPS) is 12.9. The van der Waals surface area contributed by atoms with Crippen molar-refractivity contribution < 1.29 is 17.9 Å². The van der Waals surface area contributed by atoms with E-state index in [0.717, 1.165) is 6.42 Å². The Morgan fingerprint density at radius 1 is 1.32 bits per heavy atom. The van der Waals surface area contributed by atoms with Crippen LogP contribution in [0.15, 0.2) is 23.1 Å². The monoisotopic (exact) mass is 367 g/mol. The Kier molecular flexibility index (Phi) is 7.62. The molecule has 0 spiro atoms. The average molecular weight is 368 g/mol. The van der Waals surface area contributed by atoms with Crippen LogP contribution in [-0.2, 0) is 19.6 Å². The number of sulfonamides is 1. The van der Waals surface area contributed by atoms with E-state index in [1.807, 2.05) is 6.92 Å². The van der Waals surface area contributed by atoms with E-state index in [1.165, 1.54) is 18.2 Å². The fraction of sp³-hybridized carbons (Fsp3) is 0.500. The molecule has 0 saturated heterocycles. The fourth-order valence-electron chi connectivity index (χ4n) is 1.82. The molecule has 5 nitrogen and oxygen atoms in total. The number of halogens is 2. The van der Waals surface area contributed by atoms with Crippen molar-refractivity contribution in [1.82, 2.24) is 4.72 Å². The van der Waals surface area contributed by atoms with Gasteiger partial charge in [-0.3, -0.25) is 4.79 Å². The number of nitrogens with one attached hydrogen (secondary N) is 1. The van der Waals surface area contributed by atoms with E-state index in [4.69, 9.17) is 27.9 Å². The summed E-state index contributed by atoms with van der Waals surface area (Å²) in [6.45, 7) is 3.80. The van der Waals surface area contributed by atoms with E-state index in [9.17, 15) is 13.2 Å². The Morgan fingerprint density at radius 3 is 2.55 bits per heavy atom. The SMILES string of the molecule is CCCCC(NS(=O)(=O)c1ccc(Cl)cc1Cl)C(=O)OCC. The largest absolute Gasteiger partial charge is 0.465 e. The van der Waals surface area contributed by atoms with Gasteiger partial charge in [0.1, 0.15) is 10.9 Å². The third-order valence-electron chi connectivity index (χ3n) is 2.90. The maximum absolute atomic E-state index is 12.4. The summed E-state index contributed by atoms with van der Waals surface area (Å²) in [6, 6.07) is 3.13. The molecule has 1 unspecified atom stereocenters. The van der Waals surface area contributed by atoms with Gasteiger partial charge in [-0.1, -0.05) is 43.0 Å². The number of unbranched alkanes of at least 4 members (excludes halogenated alkanes) is 1. The molecule has 0 aliphatic carbocycles. The average Bonchev–Trinajstić information content (AvgIpc) is 2.43. The fourth-order valence-corrected chi connectivity index (χ4v) is 3.81. The molecule has 0 heterocycles. The molecule has 0 bridgehead atoms. The molecule has 1 aromatic carbocycles. The predicted molar refractivity (Wildman–Crippen MR) is 86.7 cm³/mol. The molecular formula is C14H19Cl2NO4S. The van der Waals surface area contributed by atoms with E-state index in [-0.39, 0.29) is 16.5 Å². The molecular weight excluding hydrogens is 349 g/mol. The van der Waals surface area contributed by atoms with Crippen LogP contribution in [-0.4, -0.2) is 27.0 Å². The molecule has 0 amide bonds. The maximum Gasteiger partial charge on any atom is 0.324 e. The first-order chi connectivity index (χ1) is 10.3. The van der Waals surface area contributed by atoms with E-state index in [0.29, 0.717) is 17.9 Å². The van der Waals surface area contributed by atoms with Gasteiger partial charge in [-0.2, -0.15) is 4.72 Å². The molecule has 124 valence electrons. The van der Waals surface area contributed by atoms with E-state index < -0.39 is 22.0 Å².